The third-order valence-corrected chi connectivity index (χ3v) is 2.33. The van der Waals surface area contributed by atoms with E-state index in [1.165, 1.54) is 0 Å². The summed E-state index contributed by atoms with van der Waals surface area (Å²) in [6.45, 7) is 4.27. The van der Waals surface area contributed by atoms with Crippen molar-refractivity contribution in [3.05, 3.63) is 28.0 Å². The van der Waals surface area contributed by atoms with Gasteiger partial charge < -0.3 is 0 Å². The molecular weight excluding hydrogens is 228 g/mol. The molecule has 0 atom stereocenters. The van der Waals surface area contributed by atoms with Gasteiger partial charge in [0.05, 0.1) is 5.56 Å². The zero-order valence-electron chi connectivity index (χ0n) is 7.71. The number of rotatable bonds is 2. The lowest BCUT2D eigenvalue weighted by molar-refractivity contribution is 0.645. The number of nitriles is 1. The van der Waals surface area contributed by atoms with Gasteiger partial charge in [-0.15, -0.1) is 0 Å². The molecule has 1 heterocycles. The van der Waals surface area contributed by atoms with Gasteiger partial charge in [-0.3, -0.25) is 0 Å². The maximum Gasteiger partial charge on any atom is 0.124 e. The molecule has 1 rings (SSSR count). The Morgan fingerprint density at radius 3 is 2.85 bits per heavy atom. The third kappa shape index (κ3) is 2.53. The van der Waals surface area contributed by atoms with Gasteiger partial charge in [0.1, 0.15) is 10.7 Å². The van der Waals surface area contributed by atoms with Crippen LogP contribution >= 0.6 is 15.9 Å². The first-order valence-electron chi connectivity index (χ1n) is 4.18. The molecule has 0 N–H and O–H groups in total. The van der Waals surface area contributed by atoms with Crippen LogP contribution in [-0.2, 0) is 6.42 Å². The van der Waals surface area contributed by atoms with E-state index >= 15 is 0 Å². The molecule has 68 valence electrons. The average molecular weight is 239 g/mol. The highest BCUT2D eigenvalue weighted by Crippen LogP contribution is 2.19. The third-order valence-electron chi connectivity index (χ3n) is 1.73. The normalized spacial score (nSPS) is 10.1. The molecular formula is C10H11BrN2. The van der Waals surface area contributed by atoms with Crippen LogP contribution in [0, 0.1) is 17.2 Å². The number of pyridine rings is 1. The van der Waals surface area contributed by atoms with E-state index in [9.17, 15) is 0 Å². The second-order valence-electron chi connectivity index (χ2n) is 3.35. The minimum atomic E-state index is 0.557. The molecule has 0 saturated heterocycles. The van der Waals surface area contributed by atoms with Gasteiger partial charge in [0, 0.05) is 6.20 Å². The van der Waals surface area contributed by atoms with E-state index in [-0.39, 0.29) is 0 Å². The lowest BCUT2D eigenvalue weighted by Crippen LogP contribution is -1.98. The van der Waals surface area contributed by atoms with Crippen molar-refractivity contribution in [1.82, 2.24) is 4.98 Å². The van der Waals surface area contributed by atoms with Crippen molar-refractivity contribution in [2.75, 3.05) is 0 Å². The van der Waals surface area contributed by atoms with Gasteiger partial charge >= 0.3 is 0 Å². The number of hydrogen-bond acceptors (Lipinski definition) is 2. The topological polar surface area (TPSA) is 36.7 Å². The van der Waals surface area contributed by atoms with Crippen LogP contribution in [0.1, 0.15) is 25.0 Å². The molecule has 13 heavy (non-hydrogen) atoms. The molecule has 0 amide bonds. The van der Waals surface area contributed by atoms with Gasteiger partial charge in [-0.05, 0) is 39.9 Å². The van der Waals surface area contributed by atoms with E-state index < -0.39 is 0 Å². The summed E-state index contributed by atoms with van der Waals surface area (Å²) in [4.78, 5) is 4.01. The fraction of sp³-hybridized carbons (Fsp3) is 0.400. The summed E-state index contributed by atoms with van der Waals surface area (Å²) in [5, 5.41) is 8.89. The van der Waals surface area contributed by atoms with Crippen molar-refractivity contribution in [3.63, 3.8) is 0 Å². The van der Waals surface area contributed by atoms with E-state index in [1.54, 1.807) is 6.20 Å². The molecule has 2 nitrogen and oxygen atoms in total. The highest BCUT2D eigenvalue weighted by atomic mass is 79.9. The maximum atomic E-state index is 8.89. The minimum absolute atomic E-state index is 0.557. The fourth-order valence-corrected chi connectivity index (χ4v) is 1.66. The Kier molecular flexibility index (Phi) is 3.44. The largest absolute Gasteiger partial charge is 0.248 e. The van der Waals surface area contributed by atoms with Crippen molar-refractivity contribution < 1.29 is 0 Å². The Hall–Kier alpha value is -0.880. The Labute approximate surface area is 86.7 Å². The molecule has 0 aliphatic heterocycles. The van der Waals surface area contributed by atoms with Crippen molar-refractivity contribution in [2.45, 2.75) is 20.3 Å². The van der Waals surface area contributed by atoms with Crippen LogP contribution in [0.4, 0.5) is 0 Å². The van der Waals surface area contributed by atoms with Gasteiger partial charge in [0.25, 0.3) is 0 Å². The lowest BCUT2D eigenvalue weighted by Gasteiger charge is -2.06. The fourth-order valence-electron chi connectivity index (χ4n) is 1.20. The van der Waals surface area contributed by atoms with Crippen molar-refractivity contribution in [2.24, 2.45) is 5.92 Å². The lowest BCUT2D eigenvalue weighted by atomic mass is 10.0. The van der Waals surface area contributed by atoms with Crippen LogP contribution < -0.4 is 0 Å². The first kappa shape index (κ1) is 10.2. The maximum absolute atomic E-state index is 8.89. The van der Waals surface area contributed by atoms with E-state index in [1.807, 2.05) is 6.07 Å². The zero-order chi connectivity index (χ0) is 9.84. The Morgan fingerprint density at radius 2 is 2.31 bits per heavy atom. The highest BCUT2D eigenvalue weighted by Gasteiger charge is 2.07. The van der Waals surface area contributed by atoms with Gasteiger partial charge in [-0.1, -0.05) is 13.8 Å². The summed E-state index contributed by atoms with van der Waals surface area (Å²) in [5.74, 6) is 0.557. The molecule has 0 aromatic carbocycles. The first-order valence-corrected chi connectivity index (χ1v) is 4.98. The van der Waals surface area contributed by atoms with Crippen LogP contribution in [0.3, 0.4) is 0 Å². The molecule has 0 bridgehead atoms. The molecule has 0 unspecified atom stereocenters. The number of aromatic nitrogens is 1. The van der Waals surface area contributed by atoms with Gasteiger partial charge in [0.15, 0.2) is 0 Å². The zero-order valence-corrected chi connectivity index (χ0v) is 9.30. The molecule has 0 aliphatic rings. The Morgan fingerprint density at radius 1 is 1.62 bits per heavy atom. The molecule has 3 heteroatoms. The van der Waals surface area contributed by atoms with Crippen molar-refractivity contribution >= 4 is 15.9 Å². The number of hydrogen-bond donors (Lipinski definition) is 0. The summed E-state index contributed by atoms with van der Waals surface area (Å²) in [6, 6.07) is 4.07. The smallest absolute Gasteiger partial charge is 0.124 e. The van der Waals surface area contributed by atoms with Gasteiger partial charge in [-0.2, -0.15) is 5.26 Å². The summed E-state index contributed by atoms with van der Waals surface area (Å²) < 4.78 is 0.646. The Balaban J connectivity index is 3.07. The summed E-state index contributed by atoms with van der Waals surface area (Å²) in [6.07, 6.45) is 2.65. The molecule has 0 saturated carbocycles. The van der Waals surface area contributed by atoms with Crippen LogP contribution in [0.15, 0.2) is 16.9 Å². The van der Waals surface area contributed by atoms with E-state index in [4.69, 9.17) is 5.26 Å². The van der Waals surface area contributed by atoms with E-state index in [0.717, 1.165) is 12.0 Å². The average Bonchev–Trinajstić information content (AvgIpc) is 2.03. The van der Waals surface area contributed by atoms with Crippen LogP contribution in [0.25, 0.3) is 0 Å². The van der Waals surface area contributed by atoms with Gasteiger partial charge in [-0.25, -0.2) is 4.98 Å². The van der Waals surface area contributed by atoms with E-state index in [0.29, 0.717) is 16.1 Å². The molecule has 0 fully saturated rings. The summed E-state index contributed by atoms with van der Waals surface area (Å²) in [7, 11) is 0. The van der Waals surface area contributed by atoms with E-state index in [2.05, 4.69) is 40.8 Å². The van der Waals surface area contributed by atoms with Crippen LogP contribution in [-0.4, -0.2) is 4.98 Å². The standard InChI is InChI=1S/C10H11BrN2/c1-7(2)5-8-3-4-13-10(11)9(8)6-12/h3-4,7H,5H2,1-2H3. The first-order chi connectivity index (χ1) is 6.15. The predicted molar refractivity (Wildman–Crippen MR) is 55.2 cm³/mol. The quantitative estimate of drug-likeness (QED) is 0.744. The second-order valence-corrected chi connectivity index (χ2v) is 4.10. The number of halogens is 1. The SMILES string of the molecule is CC(C)Cc1ccnc(Br)c1C#N. The monoisotopic (exact) mass is 238 g/mol. The van der Waals surface area contributed by atoms with Crippen molar-refractivity contribution in [1.29, 1.82) is 5.26 Å². The Bertz CT molecular complexity index is 339. The molecule has 0 spiro atoms. The highest BCUT2D eigenvalue weighted by molar-refractivity contribution is 9.10. The second kappa shape index (κ2) is 4.38. The predicted octanol–water partition coefficient (Wildman–Crippen LogP) is 2.91. The molecule has 1 aromatic heterocycles. The molecule has 1 aromatic rings. The van der Waals surface area contributed by atoms with Crippen molar-refractivity contribution in [3.8, 4) is 6.07 Å². The van der Waals surface area contributed by atoms with Crippen LogP contribution in [0.5, 0.6) is 0 Å². The van der Waals surface area contributed by atoms with Crippen LogP contribution in [0.2, 0.25) is 0 Å². The molecule has 0 radical (unpaired) electrons. The van der Waals surface area contributed by atoms with Gasteiger partial charge in [0.2, 0.25) is 0 Å². The summed E-state index contributed by atoms with van der Waals surface area (Å²) in [5.41, 5.74) is 1.73. The summed E-state index contributed by atoms with van der Waals surface area (Å²) >= 11 is 3.26. The number of nitrogens with zero attached hydrogens (tertiary/aromatic N) is 2. The molecule has 0 aliphatic carbocycles. The minimum Gasteiger partial charge on any atom is -0.248 e.